The number of hydrogen-bond acceptors (Lipinski definition) is 7. The van der Waals surface area contributed by atoms with Gasteiger partial charge in [-0.15, -0.1) is 0 Å². The second kappa shape index (κ2) is 7.28. The third-order valence-electron chi connectivity index (χ3n) is 6.00. The minimum Gasteiger partial charge on any atom is -0.468 e. The summed E-state index contributed by atoms with van der Waals surface area (Å²) in [4.78, 5) is 54.0. The molecule has 31 heavy (non-hydrogen) atoms. The SMILES string of the molecule is COC(=O)C1(C(=O)OC)C2=C(C(=O)c3ccccc3C2=O)C(OC)c2c(C)cccc21. The summed E-state index contributed by atoms with van der Waals surface area (Å²) >= 11 is 0. The fourth-order valence-electron chi connectivity index (χ4n) is 4.70. The molecule has 2 aromatic rings. The molecule has 0 radical (unpaired) electrons. The highest BCUT2D eigenvalue weighted by Gasteiger charge is 2.63. The molecular formula is C24H20O7. The lowest BCUT2D eigenvalue weighted by Gasteiger charge is -2.42. The van der Waals surface area contributed by atoms with Crippen molar-refractivity contribution in [1.29, 1.82) is 0 Å². The van der Waals surface area contributed by atoms with Gasteiger partial charge >= 0.3 is 11.9 Å². The third kappa shape index (κ3) is 2.50. The number of rotatable bonds is 3. The lowest BCUT2D eigenvalue weighted by molar-refractivity contribution is -0.159. The normalized spacial score (nSPS) is 18.6. The van der Waals surface area contributed by atoms with Crippen LogP contribution in [0.5, 0.6) is 0 Å². The van der Waals surface area contributed by atoms with E-state index in [1.54, 1.807) is 37.3 Å². The first-order valence-electron chi connectivity index (χ1n) is 9.58. The average Bonchev–Trinajstić information content (AvgIpc) is 2.80. The van der Waals surface area contributed by atoms with Gasteiger partial charge in [-0.05, 0) is 23.6 Å². The van der Waals surface area contributed by atoms with Gasteiger partial charge in [0.25, 0.3) is 0 Å². The van der Waals surface area contributed by atoms with Crippen molar-refractivity contribution in [3.05, 3.63) is 81.4 Å². The highest BCUT2D eigenvalue weighted by atomic mass is 16.5. The third-order valence-corrected chi connectivity index (χ3v) is 6.00. The summed E-state index contributed by atoms with van der Waals surface area (Å²) in [5.74, 6) is -3.11. The van der Waals surface area contributed by atoms with Crippen LogP contribution in [0.4, 0.5) is 0 Å². The fourth-order valence-corrected chi connectivity index (χ4v) is 4.70. The molecule has 0 bridgehead atoms. The zero-order valence-corrected chi connectivity index (χ0v) is 17.5. The zero-order chi connectivity index (χ0) is 22.5. The summed E-state index contributed by atoms with van der Waals surface area (Å²) in [6.45, 7) is 1.78. The van der Waals surface area contributed by atoms with Crippen molar-refractivity contribution in [3.63, 3.8) is 0 Å². The number of ketones is 2. The van der Waals surface area contributed by atoms with E-state index in [1.807, 2.05) is 0 Å². The molecule has 158 valence electrons. The van der Waals surface area contributed by atoms with E-state index in [0.717, 1.165) is 14.2 Å². The van der Waals surface area contributed by atoms with Gasteiger partial charge in [-0.3, -0.25) is 19.2 Å². The first-order chi connectivity index (χ1) is 14.9. The van der Waals surface area contributed by atoms with Crippen LogP contribution in [0.15, 0.2) is 53.6 Å². The number of fused-ring (bicyclic) bond motifs is 2. The highest BCUT2D eigenvalue weighted by molar-refractivity contribution is 6.33. The molecule has 0 saturated heterocycles. The van der Waals surface area contributed by atoms with E-state index in [2.05, 4.69) is 0 Å². The Morgan fingerprint density at radius 3 is 1.97 bits per heavy atom. The average molecular weight is 420 g/mol. The quantitative estimate of drug-likeness (QED) is 0.556. The first kappa shape index (κ1) is 20.7. The van der Waals surface area contributed by atoms with Gasteiger partial charge in [0.05, 0.1) is 14.2 Å². The number of Topliss-reactive ketones (excluding diaryl/α,β-unsaturated/α-hetero) is 2. The lowest BCUT2D eigenvalue weighted by Crippen LogP contribution is -2.54. The van der Waals surface area contributed by atoms with Crippen molar-refractivity contribution >= 4 is 23.5 Å². The molecule has 7 heteroatoms. The number of aryl methyl sites for hydroxylation is 1. The number of esters is 2. The highest BCUT2D eigenvalue weighted by Crippen LogP contribution is 2.52. The van der Waals surface area contributed by atoms with Gasteiger partial charge in [-0.1, -0.05) is 42.5 Å². The molecule has 0 aliphatic heterocycles. The Bertz CT molecular complexity index is 1170. The Morgan fingerprint density at radius 2 is 1.42 bits per heavy atom. The van der Waals surface area contributed by atoms with Crippen LogP contribution in [0.2, 0.25) is 0 Å². The lowest BCUT2D eigenvalue weighted by atomic mass is 9.60. The van der Waals surface area contributed by atoms with E-state index < -0.39 is 35.0 Å². The van der Waals surface area contributed by atoms with Crippen molar-refractivity contribution in [2.75, 3.05) is 21.3 Å². The summed E-state index contributed by atoms with van der Waals surface area (Å²) < 4.78 is 15.7. The molecule has 2 aliphatic rings. The number of benzene rings is 2. The largest absolute Gasteiger partial charge is 0.468 e. The van der Waals surface area contributed by atoms with E-state index in [-0.39, 0.29) is 27.8 Å². The van der Waals surface area contributed by atoms with Crippen LogP contribution >= 0.6 is 0 Å². The number of carbonyl (C=O) groups excluding carboxylic acids is 4. The molecule has 2 aromatic carbocycles. The summed E-state index contributed by atoms with van der Waals surface area (Å²) in [6.07, 6.45) is -0.946. The number of ether oxygens (including phenoxy) is 3. The smallest absolute Gasteiger partial charge is 0.332 e. The van der Waals surface area contributed by atoms with Crippen LogP contribution in [-0.4, -0.2) is 44.8 Å². The van der Waals surface area contributed by atoms with Crippen LogP contribution in [0.1, 0.15) is 43.5 Å². The topological polar surface area (TPSA) is 96.0 Å². The molecular weight excluding hydrogens is 400 g/mol. The van der Waals surface area contributed by atoms with Crippen LogP contribution in [0.3, 0.4) is 0 Å². The number of hydrogen-bond donors (Lipinski definition) is 0. The Hall–Kier alpha value is -3.58. The van der Waals surface area contributed by atoms with Crippen LogP contribution in [0, 0.1) is 6.92 Å². The van der Waals surface area contributed by atoms with Gasteiger partial charge in [0.15, 0.2) is 11.6 Å². The number of methoxy groups -OCH3 is 3. The second-order valence-corrected chi connectivity index (χ2v) is 7.38. The zero-order valence-electron chi connectivity index (χ0n) is 17.5. The molecule has 0 spiro atoms. The first-order valence-corrected chi connectivity index (χ1v) is 9.58. The molecule has 2 aliphatic carbocycles. The van der Waals surface area contributed by atoms with Crippen molar-refractivity contribution in [1.82, 2.24) is 0 Å². The second-order valence-electron chi connectivity index (χ2n) is 7.38. The van der Waals surface area contributed by atoms with E-state index in [1.165, 1.54) is 19.2 Å². The molecule has 0 saturated carbocycles. The predicted molar refractivity (Wildman–Crippen MR) is 109 cm³/mol. The van der Waals surface area contributed by atoms with Gasteiger partial charge in [0.1, 0.15) is 6.10 Å². The van der Waals surface area contributed by atoms with Gasteiger partial charge in [-0.25, -0.2) is 0 Å². The Labute approximate surface area is 178 Å². The summed E-state index contributed by atoms with van der Waals surface area (Å²) in [6, 6.07) is 11.3. The van der Waals surface area contributed by atoms with Crippen molar-refractivity contribution in [2.24, 2.45) is 0 Å². The monoisotopic (exact) mass is 420 g/mol. The minimum atomic E-state index is -2.25. The fraction of sp³-hybridized carbons (Fsp3) is 0.250. The molecule has 0 heterocycles. The van der Waals surface area contributed by atoms with Crippen molar-refractivity contribution < 1.29 is 33.4 Å². The maximum absolute atomic E-state index is 13.7. The Morgan fingerprint density at radius 1 is 0.839 bits per heavy atom. The molecule has 1 atom stereocenters. The maximum Gasteiger partial charge on any atom is 0.332 e. The molecule has 0 aromatic heterocycles. The van der Waals surface area contributed by atoms with E-state index in [4.69, 9.17) is 14.2 Å². The van der Waals surface area contributed by atoms with Crippen LogP contribution < -0.4 is 0 Å². The van der Waals surface area contributed by atoms with E-state index in [9.17, 15) is 19.2 Å². The summed E-state index contributed by atoms with van der Waals surface area (Å²) in [5.41, 5.74) is -0.938. The Balaban J connectivity index is 2.23. The van der Waals surface area contributed by atoms with E-state index >= 15 is 0 Å². The predicted octanol–water partition coefficient (Wildman–Crippen LogP) is 2.66. The van der Waals surface area contributed by atoms with E-state index in [0.29, 0.717) is 11.1 Å². The van der Waals surface area contributed by atoms with Crippen molar-refractivity contribution in [3.8, 4) is 0 Å². The molecule has 7 nitrogen and oxygen atoms in total. The van der Waals surface area contributed by atoms with Crippen molar-refractivity contribution in [2.45, 2.75) is 18.4 Å². The Kier molecular flexibility index (Phi) is 4.86. The molecule has 0 fully saturated rings. The standard InChI is InChI=1S/C24H20O7/c1-12-8-7-11-15-16(12)21(29-2)17-18(24(15,22(27)30-3)23(28)31-4)20(26)14-10-6-5-9-13(14)19(17)25/h5-11,21H,1-4H3. The molecule has 0 amide bonds. The number of carbonyl (C=O) groups is 4. The molecule has 1 unspecified atom stereocenters. The maximum atomic E-state index is 13.7. The van der Waals surface area contributed by atoms with Crippen LogP contribution in [0.25, 0.3) is 0 Å². The van der Waals surface area contributed by atoms with Gasteiger partial charge in [0.2, 0.25) is 5.41 Å². The van der Waals surface area contributed by atoms with Gasteiger partial charge in [-0.2, -0.15) is 0 Å². The molecule has 4 rings (SSSR count). The summed E-state index contributed by atoms with van der Waals surface area (Å²) in [5, 5.41) is 0. The molecule has 0 N–H and O–H groups in total. The van der Waals surface area contributed by atoms with Gasteiger partial charge in [0, 0.05) is 29.4 Å². The summed E-state index contributed by atoms with van der Waals surface area (Å²) in [7, 11) is 3.65. The van der Waals surface area contributed by atoms with Crippen LogP contribution in [-0.2, 0) is 29.2 Å². The minimum absolute atomic E-state index is 0.0520. The van der Waals surface area contributed by atoms with Gasteiger partial charge < -0.3 is 14.2 Å².